The van der Waals surface area contributed by atoms with Crippen molar-refractivity contribution in [2.45, 2.75) is 20.0 Å². The van der Waals surface area contributed by atoms with E-state index in [1.807, 2.05) is 24.9 Å². The van der Waals surface area contributed by atoms with Crippen molar-refractivity contribution in [2.75, 3.05) is 18.5 Å². The molecule has 6 heteroatoms. The van der Waals surface area contributed by atoms with Crippen LogP contribution in [0.1, 0.15) is 12.6 Å². The zero-order chi connectivity index (χ0) is 14.9. The van der Waals surface area contributed by atoms with Gasteiger partial charge in [0.25, 0.3) is 5.69 Å². The monoisotopic (exact) mass is 275 g/mol. The Morgan fingerprint density at radius 1 is 1.45 bits per heavy atom. The number of nitro benzene ring substituents is 1. The third kappa shape index (κ3) is 2.70. The van der Waals surface area contributed by atoms with Crippen LogP contribution in [0.5, 0.6) is 0 Å². The first-order chi connectivity index (χ1) is 9.40. The van der Waals surface area contributed by atoms with E-state index in [0.717, 1.165) is 16.8 Å². The van der Waals surface area contributed by atoms with Crippen molar-refractivity contribution in [1.29, 1.82) is 0 Å². The second kappa shape index (κ2) is 5.42. The van der Waals surface area contributed by atoms with Crippen LogP contribution in [0.4, 0.5) is 11.4 Å². The van der Waals surface area contributed by atoms with E-state index >= 15 is 0 Å². The van der Waals surface area contributed by atoms with E-state index in [-0.39, 0.29) is 5.69 Å². The lowest BCUT2D eigenvalue weighted by atomic mass is 10.1. The lowest BCUT2D eigenvalue weighted by molar-refractivity contribution is -0.383. The highest BCUT2D eigenvalue weighted by molar-refractivity contribution is 5.99. The molecule has 0 radical (unpaired) electrons. The first-order valence-electron chi connectivity index (χ1n) is 6.33. The number of benzene rings is 1. The fourth-order valence-corrected chi connectivity index (χ4v) is 2.30. The second-order valence-electron chi connectivity index (χ2n) is 4.96. The van der Waals surface area contributed by atoms with Crippen molar-refractivity contribution in [3.8, 4) is 0 Å². The van der Waals surface area contributed by atoms with Crippen LogP contribution in [-0.4, -0.2) is 34.7 Å². The molecule has 0 saturated heterocycles. The maximum atomic E-state index is 11.1. The Bertz CT molecular complexity index is 655. The fraction of sp³-hybridized carbons (Fsp3) is 0.357. The summed E-state index contributed by atoms with van der Waals surface area (Å²) in [6.45, 7) is 4.00. The number of anilines is 1. The van der Waals surface area contributed by atoms with Crippen molar-refractivity contribution in [2.24, 2.45) is 0 Å². The molecule has 1 heterocycles. The molecule has 6 nitrogen and oxygen atoms in total. The number of likely N-dealkylation sites (N-methyl/N-ethyl adjacent to an activating group) is 1. The van der Waals surface area contributed by atoms with Gasteiger partial charge in [-0.05, 0) is 26.0 Å². The predicted molar refractivity (Wildman–Crippen MR) is 78.1 cm³/mol. The van der Waals surface area contributed by atoms with Crippen LogP contribution in [0.2, 0.25) is 0 Å². The number of rotatable bonds is 4. The summed E-state index contributed by atoms with van der Waals surface area (Å²) in [7, 11) is 1.85. The van der Waals surface area contributed by atoms with Gasteiger partial charge in [0.2, 0.25) is 0 Å². The number of nitrogens with zero attached hydrogens (tertiary/aromatic N) is 3. The average Bonchev–Trinajstić information content (AvgIpc) is 2.35. The van der Waals surface area contributed by atoms with Crippen molar-refractivity contribution in [3.05, 3.63) is 40.2 Å². The molecule has 0 aliphatic rings. The Hall–Kier alpha value is -2.21. The molecule has 2 aromatic rings. The van der Waals surface area contributed by atoms with E-state index in [9.17, 15) is 15.2 Å². The van der Waals surface area contributed by atoms with Gasteiger partial charge in [-0.2, -0.15) is 0 Å². The molecule has 1 aromatic heterocycles. The fourth-order valence-electron chi connectivity index (χ4n) is 2.30. The molecule has 106 valence electrons. The van der Waals surface area contributed by atoms with E-state index in [1.165, 1.54) is 12.3 Å². The first kappa shape index (κ1) is 14.2. The average molecular weight is 275 g/mol. The molecule has 1 atom stereocenters. The highest BCUT2D eigenvalue weighted by atomic mass is 16.6. The second-order valence-corrected chi connectivity index (χ2v) is 4.96. The quantitative estimate of drug-likeness (QED) is 0.684. The number of hydrogen-bond acceptors (Lipinski definition) is 5. The van der Waals surface area contributed by atoms with Crippen molar-refractivity contribution in [3.63, 3.8) is 0 Å². The molecule has 0 spiro atoms. The van der Waals surface area contributed by atoms with Gasteiger partial charge in [0.1, 0.15) is 0 Å². The number of fused-ring (bicyclic) bond motifs is 1. The van der Waals surface area contributed by atoms with Gasteiger partial charge >= 0.3 is 0 Å². The van der Waals surface area contributed by atoms with Gasteiger partial charge in [0.15, 0.2) is 0 Å². The van der Waals surface area contributed by atoms with Gasteiger partial charge in [0.05, 0.1) is 16.4 Å². The van der Waals surface area contributed by atoms with E-state index in [0.29, 0.717) is 11.9 Å². The molecular weight excluding hydrogens is 258 g/mol. The maximum absolute atomic E-state index is 11.1. The number of hydrogen-bond donors (Lipinski definition) is 1. The summed E-state index contributed by atoms with van der Waals surface area (Å²) in [6.07, 6.45) is 1.05. The highest BCUT2D eigenvalue weighted by Gasteiger charge is 2.17. The molecule has 0 bridgehead atoms. The summed E-state index contributed by atoms with van der Waals surface area (Å²) < 4.78 is 0. The zero-order valence-electron chi connectivity index (χ0n) is 11.7. The Labute approximate surface area is 116 Å². The molecule has 0 aliphatic heterocycles. The minimum atomic E-state index is -0.479. The van der Waals surface area contributed by atoms with Crippen LogP contribution in [0.3, 0.4) is 0 Å². The number of aliphatic hydroxyl groups excluding tert-OH is 1. The molecule has 1 unspecified atom stereocenters. The van der Waals surface area contributed by atoms with Gasteiger partial charge in [-0.3, -0.25) is 15.1 Å². The van der Waals surface area contributed by atoms with Gasteiger partial charge in [-0.15, -0.1) is 0 Å². The van der Waals surface area contributed by atoms with Crippen LogP contribution in [0.15, 0.2) is 24.4 Å². The summed E-state index contributed by atoms with van der Waals surface area (Å²) in [5.74, 6) is 0. The molecule has 0 saturated carbocycles. The molecule has 1 N–H and O–H groups in total. The van der Waals surface area contributed by atoms with Crippen LogP contribution >= 0.6 is 0 Å². The molecule has 0 amide bonds. The standard InChI is InChI=1S/C14H17N3O3/c1-9-6-11-12(7-15-9)14(17(19)20)5-4-13(11)16(3)8-10(2)18/h4-7,10,18H,8H2,1-3H3. The Balaban J connectivity index is 2.64. The third-order valence-electron chi connectivity index (χ3n) is 3.14. The number of nitro groups is 1. The van der Waals surface area contributed by atoms with Gasteiger partial charge in [0, 0.05) is 42.6 Å². The van der Waals surface area contributed by atoms with Gasteiger partial charge in [-0.1, -0.05) is 0 Å². The van der Waals surface area contributed by atoms with Crippen molar-refractivity contribution >= 4 is 22.1 Å². The summed E-state index contributed by atoms with van der Waals surface area (Å²) in [5, 5.41) is 21.9. The molecule has 1 aromatic carbocycles. The molecule has 2 rings (SSSR count). The number of pyridine rings is 1. The third-order valence-corrected chi connectivity index (χ3v) is 3.14. The number of non-ortho nitro benzene ring substituents is 1. The number of aryl methyl sites for hydroxylation is 1. The maximum Gasteiger partial charge on any atom is 0.278 e. The SMILES string of the molecule is Cc1cc2c(N(C)CC(C)O)ccc([N+](=O)[O-])c2cn1. The summed E-state index contributed by atoms with van der Waals surface area (Å²) >= 11 is 0. The minimum Gasteiger partial charge on any atom is -0.392 e. The number of aromatic nitrogens is 1. The lowest BCUT2D eigenvalue weighted by Crippen LogP contribution is -2.27. The molecular formula is C14H17N3O3. The van der Waals surface area contributed by atoms with Crippen molar-refractivity contribution in [1.82, 2.24) is 4.98 Å². The Kier molecular flexibility index (Phi) is 3.85. The predicted octanol–water partition coefficient (Wildman–Crippen LogP) is 2.27. The Morgan fingerprint density at radius 3 is 2.75 bits per heavy atom. The molecule has 0 aliphatic carbocycles. The molecule has 0 fully saturated rings. The van der Waals surface area contributed by atoms with Crippen LogP contribution < -0.4 is 4.90 Å². The van der Waals surface area contributed by atoms with E-state index in [2.05, 4.69) is 4.98 Å². The van der Waals surface area contributed by atoms with E-state index in [1.54, 1.807) is 13.0 Å². The largest absolute Gasteiger partial charge is 0.392 e. The zero-order valence-corrected chi connectivity index (χ0v) is 11.7. The summed E-state index contributed by atoms with van der Waals surface area (Å²) in [6, 6.07) is 5.02. The van der Waals surface area contributed by atoms with Crippen molar-refractivity contribution < 1.29 is 10.0 Å². The Morgan fingerprint density at radius 2 is 2.15 bits per heavy atom. The van der Waals surface area contributed by atoms with Crippen LogP contribution in [0, 0.1) is 17.0 Å². The topological polar surface area (TPSA) is 79.5 Å². The van der Waals surface area contributed by atoms with E-state index < -0.39 is 11.0 Å². The molecule has 20 heavy (non-hydrogen) atoms. The summed E-state index contributed by atoms with van der Waals surface area (Å²) in [5.41, 5.74) is 1.68. The number of aliphatic hydroxyl groups is 1. The highest BCUT2D eigenvalue weighted by Crippen LogP contribution is 2.33. The van der Waals surface area contributed by atoms with Crippen LogP contribution in [-0.2, 0) is 0 Å². The van der Waals surface area contributed by atoms with Crippen LogP contribution in [0.25, 0.3) is 10.8 Å². The minimum absolute atomic E-state index is 0.0432. The summed E-state index contributed by atoms with van der Waals surface area (Å²) in [4.78, 5) is 16.7. The van der Waals surface area contributed by atoms with E-state index in [4.69, 9.17) is 0 Å². The first-order valence-corrected chi connectivity index (χ1v) is 6.33. The normalized spacial score (nSPS) is 12.4. The lowest BCUT2D eigenvalue weighted by Gasteiger charge is -2.22. The smallest absolute Gasteiger partial charge is 0.278 e. The van der Waals surface area contributed by atoms with Gasteiger partial charge in [-0.25, -0.2) is 0 Å². The van der Waals surface area contributed by atoms with Gasteiger partial charge < -0.3 is 10.0 Å².